The summed E-state index contributed by atoms with van der Waals surface area (Å²) in [5.74, 6) is 1.28. The largest absolute Gasteiger partial charge is 0.341 e. The van der Waals surface area contributed by atoms with Crippen molar-refractivity contribution in [2.45, 2.75) is 45.1 Å². The molecule has 1 heterocycles. The molecule has 0 aromatic carbocycles. The van der Waals surface area contributed by atoms with Crippen LogP contribution in [0.3, 0.4) is 0 Å². The van der Waals surface area contributed by atoms with Crippen LogP contribution in [-0.4, -0.2) is 37.0 Å². The fourth-order valence-electron chi connectivity index (χ4n) is 3.12. The first kappa shape index (κ1) is 11.9. The summed E-state index contributed by atoms with van der Waals surface area (Å²) in [6.45, 7) is 4.31. The van der Waals surface area contributed by atoms with Crippen LogP contribution in [0, 0.1) is 11.8 Å². The van der Waals surface area contributed by atoms with Crippen molar-refractivity contribution in [3.63, 3.8) is 0 Å². The predicted molar refractivity (Wildman–Crippen MR) is 65.2 cm³/mol. The SMILES string of the molecule is CC1CCCC1C(=O)N(C)C1CCCNC1. The van der Waals surface area contributed by atoms with Crippen LogP contribution < -0.4 is 5.32 Å². The lowest BCUT2D eigenvalue weighted by Crippen LogP contribution is -2.48. The lowest BCUT2D eigenvalue weighted by Gasteiger charge is -2.34. The van der Waals surface area contributed by atoms with Crippen LogP contribution in [-0.2, 0) is 4.79 Å². The van der Waals surface area contributed by atoms with E-state index in [2.05, 4.69) is 12.2 Å². The van der Waals surface area contributed by atoms with Gasteiger partial charge in [0.15, 0.2) is 0 Å². The lowest BCUT2D eigenvalue weighted by atomic mass is 9.95. The summed E-state index contributed by atoms with van der Waals surface area (Å²) in [7, 11) is 1.99. The zero-order valence-electron chi connectivity index (χ0n) is 10.5. The Hall–Kier alpha value is -0.570. The predicted octanol–water partition coefficient (Wildman–Crippen LogP) is 1.63. The second kappa shape index (κ2) is 5.17. The molecule has 3 unspecified atom stereocenters. The van der Waals surface area contributed by atoms with E-state index in [0.29, 0.717) is 23.8 Å². The fourth-order valence-corrected chi connectivity index (χ4v) is 3.12. The molecule has 92 valence electrons. The monoisotopic (exact) mass is 224 g/mol. The average Bonchev–Trinajstić information content (AvgIpc) is 2.75. The van der Waals surface area contributed by atoms with Crippen molar-refractivity contribution >= 4 is 5.91 Å². The number of amides is 1. The van der Waals surface area contributed by atoms with Gasteiger partial charge in [-0.25, -0.2) is 0 Å². The van der Waals surface area contributed by atoms with E-state index in [1.54, 1.807) is 0 Å². The summed E-state index contributed by atoms with van der Waals surface area (Å²) < 4.78 is 0. The molecule has 0 spiro atoms. The zero-order valence-corrected chi connectivity index (χ0v) is 10.5. The Balaban J connectivity index is 1.92. The van der Waals surface area contributed by atoms with Gasteiger partial charge in [-0.3, -0.25) is 4.79 Å². The van der Waals surface area contributed by atoms with Crippen molar-refractivity contribution in [2.24, 2.45) is 11.8 Å². The second-order valence-corrected chi connectivity index (χ2v) is 5.46. The molecule has 1 saturated heterocycles. The van der Waals surface area contributed by atoms with Crippen molar-refractivity contribution in [1.29, 1.82) is 0 Å². The maximum absolute atomic E-state index is 12.4. The van der Waals surface area contributed by atoms with Gasteiger partial charge in [0.2, 0.25) is 5.91 Å². The first-order valence-corrected chi connectivity index (χ1v) is 6.67. The summed E-state index contributed by atoms with van der Waals surface area (Å²) in [5, 5.41) is 3.38. The standard InChI is InChI=1S/C13H24N2O/c1-10-5-3-7-12(10)13(16)15(2)11-6-4-8-14-9-11/h10-12,14H,3-9H2,1-2H3. The molecule has 16 heavy (non-hydrogen) atoms. The molecule has 2 rings (SSSR count). The van der Waals surface area contributed by atoms with Crippen LogP contribution in [0.4, 0.5) is 0 Å². The molecular weight excluding hydrogens is 200 g/mol. The molecule has 0 bridgehead atoms. The molecule has 0 radical (unpaired) electrons. The van der Waals surface area contributed by atoms with E-state index in [1.165, 1.54) is 19.3 Å². The van der Waals surface area contributed by atoms with Crippen molar-refractivity contribution < 1.29 is 4.79 Å². The number of carbonyl (C=O) groups is 1. The van der Waals surface area contributed by atoms with Crippen LogP contribution >= 0.6 is 0 Å². The molecule has 1 saturated carbocycles. The third-order valence-corrected chi connectivity index (χ3v) is 4.34. The Kier molecular flexibility index (Phi) is 3.85. The minimum absolute atomic E-state index is 0.298. The molecule has 3 heteroatoms. The molecule has 2 fully saturated rings. The van der Waals surface area contributed by atoms with Crippen molar-refractivity contribution in [2.75, 3.05) is 20.1 Å². The van der Waals surface area contributed by atoms with Crippen molar-refractivity contribution in [3.05, 3.63) is 0 Å². The number of hydrogen-bond donors (Lipinski definition) is 1. The van der Waals surface area contributed by atoms with Crippen LogP contribution in [0.15, 0.2) is 0 Å². The quantitative estimate of drug-likeness (QED) is 0.773. The average molecular weight is 224 g/mol. The van der Waals surface area contributed by atoms with Gasteiger partial charge in [0, 0.05) is 25.6 Å². The Morgan fingerprint density at radius 3 is 2.62 bits per heavy atom. The number of carbonyl (C=O) groups excluding carboxylic acids is 1. The van der Waals surface area contributed by atoms with Gasteiger partial charge < -0.3 is 10.2 Å². The summed E-state index contributed by atoms with van der Waals surface area (Å²) in [6.07, 6.45) is 5.92. The fraction of sp³-hybridized carbons (Fsp3) is 0.923. The lowest BCUT2D eigenvalue weighted by molar-refractivity contribution is -0.137. The van der Waals surface area contributed by atoms with E-state index in [1.807, 2.05) is 11.9 Å². The molecule has 1 N–H and O–H groups in total. The summed E-state index contributed by atoms with van der Waals surface area (Å²) in [6, 6.07) is 0.425. The number of rotatable bonds is 2. The van der Waals surface area contributed by atoms with E-state index >= 15 is 0 Å². The zero-order chi connectivity index (χ0) is 11.5. The number of nitrogens with one attached hydrogen (secondary N) is 1. The van der Waals surface area contributed by atoms with Crippen LogP contribution in [0.2, 0.25) is 0 Å². The summed E-state index contributed by atoms with van der Waals surface area (Å²) in [5.41, 5.74) is 0. The molecule has 0 aromatic rings. The normalized spacial score (nSPS) is 35.0. The molecule has 1 aliphatic carbocycles. The molecule has 2 aliphatic rings. The van der Waals surface area contributed by atoms with Gasteiger partial charge in [-0.2, -0.15) is 0 Å². The van der Waals surface area contributed by atoms with Gasteiger partial charge in [0.1, 0.15) is 0 Å². The first-order valence-electron chi connectivity index (χ1n) is 6.67. The first-order chi connectivity index (χ1) is 7.70. The van der Waals surface area contributed by atoms with Crippen molar-refractivity contribution in [3.8, 4) is 0 Å². The third-order valence-electron chi connectivity index (χ3n) is 4.34. The maximum Gasteiger partial charge on any atom is 0.225 e. The highest BCUT2D eigenvalue weighted by Crippen LogP contribution is 2.32. The third kappa shape index (κ3) is 2.40. The number of likely N-dealkylation sites (N-methyl/N-ethyl adjacent to an activating group) is 1. The highest BCUT2D eigenvalue weighted by atomic mass is 16.2. The smallest absolute Gasteiger partial charge is 0.225 e. The van der Waals surface area contributed by atoms with E-state index in [0.717, 1.165) is 25.9 Å². The Morgan fingerprint density at radius 2 is 2.06 bits per heavy atom. The van der Waals surface area contributed by atoms with Crippen molar-refractivity contribution in [1.82, 2.24) is 10.2 Å². The highest BCUT2D eigenvalue weighted by Gasteiger charge is 2.34. The molecule has 0 aromatic heterocycles. The highest BCUT2D eigenvalue weighted by molar-refractivity contribution is 5.79. The summed E-state index contributed by atoms with van der Waals surface area (Å²) >= 11 is 0. The molecule has 3 nitrogen and oxygen atoms in total. The van der Waals surface area contributed by atoms with Gasteiger partial charge >= 0.3 is 0 Å². The molecule has 3 atom stereocenters. The Morgan fingerprint density at radius 1 is 1.25 bits per heavy atom. The van der Waals surface area contributed by atoms with Gasteiger partial charge in [-0.15, -0.1) is 0 Å². The van der Waals surface area contributed by atoms with E-state index < -0.39 is 0 Å². The van der Waals surface area contributed by atoms with Gasteiger partial charge in [0.05, 0.1) is 0 Å². The van der Waals surface area contributed by atoms with Crippen LogP contribution in [0.1, 0.15) is 39.0 Å². The molecule has 1 amide bonds. The number of nitrogens with zero attached hydrogens (tertiary/aromatic N) is 1. The van der Waals surface area contributed by atoms with E-state index in [9.17, 15) is 4.79 Å². The second-order valence-electron chi connectivity index (χ2n) is 5.46. The van der Waals surface area contributed by atoms with E-state index in [4.69, 9.17) is 0 Å². The van der Waals surface area contributed by atoms with Gasteiger partial charge in [0.25, 0.3) is 0 Å². The minimum atomic E-state index is 0.298. The van der Waals surface area contributed by atoms with Crippen LogP contribution in [0.5, 0.6) is 0 Å². The topological polar surface area (TPSA) is 32.3 Å². The summed E-state index contributed by atoms with van der Waals surface area (Å²) in [4.78, 5) is 14.4. The maximum atomic E-state index is 12.4. The van der Waals surface area contributed by atoms with Gasteiger partial charge in [-0.1, -0.05) is 13.3 Å². The number of hydrogen-bond acceptors (Lipinski definition) is 2. The van der Waals surface area contributed by atoms with Crippen LogP contribution in [0.25, 0.3) is 0 Å². The molecular formula is C13H24N2O. The number of piperidine rings is 1. The minimum Gasteiger partial charge on any atom is -0.341 e. The van der Waals surface area contributed by atoms with E-state index in [-0.39, 0.29) is 0 Å². The molecule has 1 aliphatic heterocycles. The van der Waals surface area contributed by atoms with Gasteiger partial charge in [-0.05, 0) is 38.1 Å². The Labute approximate surface area is 98.6 Å². The Bertz CT molecular complexity index is 248.